The fraction of sp³-hybridized carbons (Fsp3) is 0.833. The van der Waals surface area contributed by atoms with Gasteiger partial charge in [0.05, 0.1) is 5.38 Å². The molecular weight excluding hydrogens is 246 g/mol. The van der Waals surface area contributed by atoms with Gasteiger partial charge in [0.15, 0.2) is 0 Å². The summed E-state index contributed by atoms with van der Waals surface area (Å²) in [5.74, 6) is -0.320. The van der Waals surface area contributed by atoms with Gasteiger partial charge in [-0.2, -0.15) is 0 Å². The van der Waals surface area contributed by atoms with Crippen molar-refractivity contribution < 1.29 is 9.53 Å². The second-order valence-corrected chi connectivity index (χ2v) is 3.76. The number of hydrogen-bond donors (Lipinski definition) is 0. The van der Waals surface area contributed by atoms with Crippen molar-refractivity contribution in [3.8, 4) is 0 Å². The highest BCUT2D eigenvalue weighted by Gasteiger charge is 2.16. The Hall–Kier alpha value is 0.630. The van der Waals surface area contributed by atoms with Gasteiger partial charge >= 0.3 is 5.97 Å². The Labute approximate surface area is 91.1 Å². The highest BCUT2D eigenvalue weighted by Crippen LogP contribution is 2.04. The van der Waals surface area contributed by atoms with Crippen LogP contribution in [-0.2, 0) is 9.53 Å². The molecule has 2 atom stereocenters. The van der Waals surface area contributed by atoms with Gasteiger partial charge in [-0.05, 0) is 0 Å². The summed E-state index contributed by atoms with van der Waals surface area (Å²) < 4.78 is 4.68. The molecular formula is C6H8Cl4O2. The zero-order valence-corrected chi connectivity index (χ0v) is 9.13. The second kappa shape index (κ2) is 7.07. The summed E-state index contributed by atoms with van der Waals surface area (Å²) in [4.78, 5) is 10.9. The van der Waals surface area contributed by atoms with E-state index in [2.05, 4.69) is 4.74 Å². The average Bonchev–Trinajstić information content (AvgIpc) is 2.11. The molecule has 0 N–H and O–H groups in total. The molecule has 72 valence electrons. The standard InChI is InChI=1S/C6H8Cl4O2/c7-1-4(9)3-12-6(11)5(10)2-8/h4-5H,1-3H2. The van der Waals surface area contributed by atoms with E-state index in [0.717, 1.165) is 0 Å². The minimum absolute atomic E-state index is 0.0220. The fourth-order valence-electron chi connectivity index (χ4n) is 0.371. The van der Waals surface area contributed by atoms with Crippen molar-refractivity contribution in [3.05, 3.63) is 0 Å². The van der Waals surface area contributed by atoms with Crippen LogP contribution in [0.2, 0.25) is 0 Å². The van der Waals surface area contributed by atoms with Crippen LogP contribution in [0.3, 0.4) is 0 Å². The van der Waals surface area contributed by atoms with Crippen molar-refractivity contribution in [2.45, 2.75) is 10.8 Å². The molecule has 0 spiro atoms. The van der Waals surface area contributed by atoms with Crippen LogP contribution in [0.5, 0.6) is 0 Å². The molecule has 0 aliphatic heterocycles. The molecule has 0 aromatic heterocycles. The lowest BCUT2D eigenvalue weighted by atomic mass is 10.4. The van der Waals surface area contributed by atoms with E-state index in [4.69, 9.17) is 46.4 Å². The molecule has 0 saturated heterocycles. The number of carbonyl (C=O) groups is 1. The maximum atomic E-state index is 10.9. The molecule has 0 aromatic carbocycles. The predicted octanol–water partition coefficient (Wildman–Crippen LogP) is 2.22. The first-order valence-corrected chi connectivity index (χ1v) is 5.12. The molecule has 2 unspecified atom stereocenters. The van der Waals surface area contributed by atoms with Gasteiger partial charge in [0.1, 0.15) is 12.0 Å². The molecule has 0 fully saturated rings. The Kier molecular flexibility index (Phi) is 7.45. The highest BCUT2D eigenvalue weighted by molar-refractivity contribution is 6.35. The third-order valence-electron chi connectivity index (χ3n) is 0.965. The van der Waals surface area contributed by atoms with Gasteiger partial charge in [0.2, 0.25) is 0 Å². The summed E-state index contributed by atoms with van der Waals surface area (Å²) in [6.07, 6.45) is 0. The molecule has 12 heavy (non-hydrogen) atoms. The van der Waals surface area contributed by atoms with E-state index in [9.17, 15) is 4.79 Å². The SMILES string of the molecule is O=C(OCC(Cl)CCl)C(Cl)CCl. The van der Waals surface area contributed by atoms with Gasteiger partial charge in [0.25, 0.3) is 0 Å². The van der Waals surface area contributed by atoms with Crippen LogP contribution >= 0.6 is 46.4 Å². The first-order chi connectivity index (χ1) is 5.61. The van der Waals surface area contributed by atoms with E-state index < -0.39 is 11.3 Å². The van der Waals surface area contributed by atoms with Gasteiger partial charge in [-0.15, -0.1) is 46.4 Å². The molecule has 0 rings (SSSR count). The summed E-state index contributed by atoms with van der Waals surface area (Å²) in [5, 5.41) is -1.19. The Morgan fingerprint density at radius 1 is 1.25 bits per heavy atom. The zero-order chi connectivity index (χ0) is 9.56. The normalized spacial score (nSPS) is 15.3. The lowest BCUT2D eigenvalue weighted by molar-refractivity contribution is -0.142. The lowest BCUT2D eigenvalue weighted by Gasteiger charge is -2.08. The Morgan fingerprint density at radius 2 is 1.83 bits per heavy atom. The van der Waals surface area contributed by atoms with Crippen molar-refractivity contribution in [1.29, 1.82) is 0 Å². The summed E-state index contributed by atoms with van der Waals surface area (Å²) in [6, 6.07) is 0. The van der Waals surface area contributed by atoms with E-state index in [1.807, 2.05) is 0 Å². The number of esters is 1. The molecule has 0 saturated carbocycles. The molecule has 0 aliphatic carbocycles. The van der Waals surface area contributed by atoms with Crippen LogP contribution in [0.4, 0.5) is 0 Å². The number of alkyl halides is 4. The number of halogens is 4. The molecule has 0 aliphatic rings. The van der Waals surface area contributed by atoms with Crippen molar-refractivity contribution in [1.82, 2.24) is 0 Å². The van der Waals surface area contributed by atoms with Crippen molar-refractivity contribution >= 4 is 52.4 Å². The topological polar surface area (TPSA) is 26.3 Å². The molecule has 0 bridgehead atoms. The quantitative estimate of drug-likeness (QED) is 0.555. The van der Waals surface area contributed by atoms with E-state index >= 15 is 0 Å². The van der Waals surface area contributed by atoms with Crippen molar-refractivity contribution in [3.63, 3.8) is 0 Å². The minimum atomic E-state index is -0.814. The molecule has 6 heteroatoms. The fourth-order valence-corrected chi connectivity index (χ4v) is 0.712. The maximum Gasteiger partial charge on any atom is 0.325 e. The van der Waals surface area contributed by atoms with E-state index in [0.29, 0.717) is 0 Å². The third-order valence-corrected chi connectivity index (χ3v) is 2.57. The first-order valence-electron chi connectivity index (χ1n) is 3.18. The van der Waals surface area contributed by atoms with Crippen LogP contribution in [0.15, 0.2) is 0 Å². The summed E-state index contributed by atoms with van der Waals surface area (Å²) >= 11 is 21.7. The summed E-state index contributed by atoms with van der Waals surface area (Å²) in [6.45, 7) is 0.0595. The Morgan fingerprint density at radius 3 is 2.25 bits per heavy atom. The lowest BCUT2D eigenvalue weighted by Crippen LogP contribution is -2.23. The molecule has 2 nitrogen and oxygen atoms in total. The number of ether oxygens (including phenoxy) is 1. The van der Waals surface area contributed by atoms with E-state index in [1.54, 1.807) is 0 Å². The van der Waals surface area contributed by atoms with Gasteiger partial charge in [-0.25, -0.2) is 0 Å². The Bertz CT molecular complexity index is 142. The zero-order valence-electron chi connectivity index (χ0n) is 6.10. The minimum Gasteiger partial charge on any atom is -0.463 e. The van der Waals surface area contributed by atoms with Crippen LogP contribution < -0.4 is 0 Å². The van der Waals surface area contributed by atoms with Gasteiger partial charge in [-0.3, -0.25) is 4.79 Å². The van der Waals surface area contributed by atoms with Crippen LogP contribution in [0, 0.1) is 0 Å². The largest absolute Gasteiger partial charge is 0.463 e. The predicted molar refractivity (Wildman–Crippen MR) is 51.7 cm³/mol. The van der Waals surface area contributed by atoms with Crippen LogP contribution in [0.25, 0.3) is 0 Å². The summed E-state index contributed by atoms with van der Waals surface area (Å²) in [5.41, 5.74) is 0. The molecule has 0 radical (unpaired) electrons. The maximum absolute atomic E-state index is 10.9. The Balaban J connectivity index is 3.56. The van der Waals surface area contributed by atoms with Crippen LogP contribution in [-0.4, -0.2) is 35.1 Å². The molecule has 0 aromatic rings. The van der Waals surface area contributed by atoms with E-state index in [1.165, 1.54) is 0 Å². The number of rotatable bonds is 5. The summed E-state index contributed by atoms with van der Waals surface area (Å²) in [7, 11) is 0. The number of carbonyl (C=O) groups excluding carboxylic acids is 1. The first kappa shape index (κ1) is 12.6. The molecule has 0 amide bonds. The monoisotopic (exact) mass is 252 g/mol. The smallest absolute Gasteiger partial charge is 0.325 e. The van der Waals surface area contributed by atoms with Crippen molar-refractivity contribution in [2.75, 3.05) is 18.4 Å². The van der Waals surface area contributed by atoms with Gasteiger partial charge in [0, 0.05) is 11.8 Å². The van der Waals surface area contributed by atoms with Gasteiger partial charge in [-0.1, -0.05) is 0 Å². The van der Waals surface area contributed by atoms with Crippen molar-refractivity contribution in [2.24, 2.45) is 0 Å². The molecule has 0 heterocycles. The van der Waals surface area contributed by atoms with Gasteiger partial charge < -0.3 is 4.74 Å². The van der Waals surface area contributed by atoms with Crippen LogP contribution in [0.1, 0.15) is 0 Å². The number of hydrogen-bond acceptors (Lipinski definition) is 2. The second-order valence-electron chi connectivity index (χ2n) is 2.00. The third kappa shape index (κ3) is 5.31. The highest BCUT2D eigenvalue weighted by atomic mass is 35.5. The average molecular weight is 254 g/mol. The van der Waals surface area contributed by atoms with E-state index in [-0.39, 0.29) is 23.7 Å².